The second kappa shape index (κ2) is 5.21. The number of nitrogens with zero attached hydrogens (tertiary/aromatic N) is 1. The first-order chi connectivity index (χ1) is 8.16. The van der Waals surface area contributed by atoms with Gasteiger partial charge < -0.3 is 10.2 Å². The van der Waals surface area contributed by atoms with E-state index in [0.717, 1.165) is 24.1 Å². The Hall–Kier alpha value is -1.51. The molecule has 3 heteroatoms. The Balaban J connectivity index is 1.98. The number of rotatable bonds is 3. The van der Waals surface area contributed by atoms with Gasteiger partial charge in [-0.15, -0.1) is 0 Å². The summed E-state index contributed by atoms with van der Waals surface area (Å²) in [5.74, 6) is 0.0576. The summed E-state index contributed by atoms with van der Waals surface area (Å²) in [4.78, 5) is 14.0. The first kappa shape index (κ1) is 12.0. The van der Waals surface area contributed by atoms with Gasteiger partial charge in [-0.2, -0.15) is 0 Å². The second-order valence-electron chi connectivity index (χ2n) is 4.90. The van der Waals surface area contributed by atoms with Crippen molar-refractivity contribution in [1.29, 1.82) is 0 Å². The lowest BCUT2D eigenvalue weighted by Gasteiger charge is -2.14. The van der Waals surface area contributed by atoms with Gasteiger partial charge in [0.05, 0.1) is 0 Å². The van der Waals surface area contributed by atoms with Crippen LogP contribution in [0.15, 0.2) is 24.3 Å². The van der Waals surface area contributed by atoms with Gasteiger partial charge in [-0.1, -0.05) is 12.8 Å². The van der Waals surface area contributed by atoms with E-state index in [-0.39, 0.29) is 5.91 Å². The van der Waals surface area contributed by atoms with Gasteiger partial charge in [0.2, 0.25) is 0 Å². The molecular formula is C14H20N2O. The lowest BCUT2D eigenvalue weighted by Crippen LogP contribution is -2.32. The maximum atomic E-state index is 12.0. The number of carbonyl (C=O) groups excluding carboxylic acids is 1. The van der Waals surface area contributed by atoms with Gasteiger partial charge >= 0.3 is 0 Å². The molecule has 0 bridgehead atoms. The maximum Gasteiger partial charge on any atom is 0.251 e. The molecule has 1 fully saturated rings. The van der Waals surface area contributed by atoms with Crippen molar-refractivity contribution in [3.63, 3.8) is 0 Å². The van der Waals surface area contributed by atoms with Crippen molar-refractivity contribution < 1.29 is 4.79 Å². The fourth-order valence-corrected chi connectivity index (χ4v) is 2.25. The number of hydrogen-bond donors (Lipinski definition) is 1. The summed E-state index contributed by atoms with van der Waals surface area (Å²) in [6, 6.07) is 8.11. The molecule has 1 aliphatic rings. The van der Waals surface area contributed by atoms with E-state index >= 15 is 0 Å². The van der Waals surface area contributed by atoms with Gasteiger partial charge in [0.25, 0.3) is 5.91 Å². The largest absolute Gasteiger partial charge is 0.378 e. The van der Waals surface area contributed by atoms with E-state index in [2.05, 4.69) is 5.32 Å². The van der Waals surface area contributed by atoms with Crippen LogP contribution in [-0.2, 0) is 0 Å². The number of hydrogen-bond acceptors (Lipinski definition) is 2. The van der Waals surface area contributed by atoms with Crippen molar-refractivity contribution in [1.82, 2.24) is 5.32 Å². The van der Waals surface area contributed by atoms with E-state index < -0.39 is 0 Å². The molecular weight excluding hydrogens is 212 g/mol. The Bertz CT molecular complexity index is 378. The van der Waals surface area contributed by atoms with Gasteiger partial charge in [-0.25, -0.2) is 0 Å². The third-order valence-electron chi connectivity index (χ3n) is 3.34. The van der Waals surface area contributed by atoms with E-state index in [9.17, 15) is 4.79 Å². The summed E-state index contributed by atoms with van der Waals surface area (Å²) < 4.78 is 0. The van der Waals surface area contributed by atoms with Crippen molar-refractivity contribution in [2.75, 3.05) is 19.0 Å². The van der Waals surface area contributed by atoms with Crippen LogP contribution in [0.2, 0.25) is 0 Å². The van der Waals surface area contributed by atoms with Gasteiger partial charge in [0, 0.05) is 31.4 Å². The molecule has 1 saturated carbocycles. The summed E-state index contributed by atoms with van der Waals surface area (Å²) in [5, 5.41) is 3.09. The van der Waals surface area contributed by atoms with E-state index in [1.54, 1.807) is 0 Å². The number of anilines is 1. The molecule has 92 valence electrons. The van der Waals surface area contributed by atoms with Crippen molar-refractivity contribution in [3.05, 3.63) is 29.8 Å². The first-order valence-corrected chi connectivity index (χ1v) is 6.25. The molecule has 0 spiro atoms. The predicted octanol–water partition coefficient (Wildman–Crippen LogP) is 2.43. The molecule has 0 unspecified atom stereocenters. The molecule has 0 heterocycles. The molecule has 3 nitrogen and oxygen atoms in total. The van der Waals surface area contributed by atoms with Gasteiger partial charge in [0.1, 0.15) is 0 Å². The SMILES string of the molecule is CN(C)c1ccc(C(=O)NC2CCCC2)cc1. The average molecular weight is 232 g/mol. The zero-order valence-electron chi connectivity index (χ0n) is 10.6. The van der Waals surface area contributed by atoms with E-state index in [1.807, 2.05) is 43.3 Å². The van der Waals surface area contributed by atoms with Gasteiger partial charge in [-0.3, -0.25) is 4.79 Å². The fraction of sp³-hybridized carbons (Fsp3) is 0.500. The highest BCUT2D eigenvalue weighted by molar-refractivity contribution is 5.94. The van der Waals surface area contributed by atoms with Crippen molar-refractivity contribution in [2.24, 2.45) is 0 Å². The van der Waals surface area contributed by atoms with Crippen LogP contribution in [0.5, 0.6) is 0 Å². The molecule has 2 rings (SSSR count). The Morgan fingerprint density at radius 3 is 2.29 bits per heavy atom. The highest BCUT2D eigenvalue weighted by Gasteiger charge is 2.17. The molecule has 1 N–H and O–H groups in total. The lowest BCUT2D eigenvalue weighted by atomic mass is 10.1. The van der Waals surface area contributed by atoms with Crippen LogP contribution < -0.4 is 10.2 Å². The van der Waals surface area contributed by atoms with E-state index in [4.69, 9.17) is 0 Å². The number of benzene rings is 1. The average Bonchev–Trinajstić information content (AvgIpc) is 2.82. The highest BCUT2D eigenvalue weighted by atomic mass is 16.1. The number of nitrogens with one attached hydrogen (secondary N) is 1. The quantitative estimate of drug-likeness (QED) is 0.868. The zero-order chi connectivity index (χ0) is 12.3. The standard InChI is InChI=1S/C14H20N2O/c1-16(2)13-9-7-11(8-10-13)14(17)15-12-5-3-4-6-12/h7-10,12H,3-6H2,1-2H3,(H,15,17). The minimum Gasteiger partial charge on any atom is -0.378 e. The fourth-order valence-electron chi connectivity index (χ4n) is 2.25. The molecule has 0 atom stereocenters. The number of amides is 1. The summed E-state index contributed by atoms with van der Waals surface area (Å²) in [6.07, 6.45) is 4.73. The molecule has 17 heavy (non-hydrogen) atoms. The summed E-state index contributed by atoms with van der Waals surface area (Å²) >= 11 is 0. The van der Waals surface area contributed by atoms with Crippen molar-refractivity contribution in [2.45, 2.75) is 31.7 Å². The monoisotopic (exact) mass is 232 g/mol. The van der Waals surface area contributed by atoms with Crippen LogP contribution in [0.3, 0.4) is 0 Å². The predicted molar refractivity (Wildman–Crippen MR) is 70.5 cm³/mol. The summed E-state index contributed by atoms with van der Waals surface area (Å²) in [5.41, 5.74) is 1.87. The topological polar surface area (TPSA) is 32.3 Å². The first-order valence-electron chi connectivity index (χ1n) is 6.25. The Labute approximate surface area is 103 Å². The Morgan fingerprint density at radius 2 is 1.76 bits per heavy atom. The second-order valence-corrected chi connectivity index (χ2v) is 4.90. The molecule has 0 saturated heterocycles. The normalized spacial score (nSPS) is 15.9. The Kier molecular flexibility index (Phi) is 3.67. The zero-order valence-corrected chi connectivity index (χ0v) is 10.6. The molecule has 1 aromatic carbocycles. The van der Waals surface area contributed by atoms with Gasteiger partial charge in [0.15, 0.2) is 0 Å². The van der Waals surface area contributed by atoms with Crippen LogP contribution in [-0.4, -0.2) is 26.0 Å². The van der Waals surface area contributed by atoms with E-state index in [1.165, 1.54) is 12.8 Å². The smallest absolute Gasteiger partial charge is 0.251 e. The van der Waals surface area contributed by atoms with Crippen LogP contribution in [0.25, 0.3) is 0 Å². The third kappa shape index (κ3) is 2.99. The minimum absolute atomic E-state index is 0.0576. The molecule has 0 aromatic heterocycles. The van der Waals surface area contributed by atoms with Crippen LogP contribution in [0.1, 0.15) is 36.0 Å². The third-order valence-corrected chi connectivity index (χ3v) is 3.34. The number of carbonyl (C=O) groups is 1. The molecule has 1 aromatic rings. The Morgan fingerprint density at radius 1 is 1.18 bits per heavy atom. The van der Waals surface area contributed by atoms with E-state index in [0.29, 0.717) is 6.04 Å². The molecule has 0 radical (unpaired) electrons. The summed E-state index contributed by atoms with van der Waals surface area (Å²) in [6.45, 7) is 0. The van der Waals surface area contributed by atoms with Gasteiger partial charge in [-0.05, 0) is 37.1 Å². The van der Waals surface area contributed by atoms with Crippen molar-refractivity contribution >= 4 is 11.6 Å². The van der Waals surface area contributed by atoms with Crippen LogP contribution in [0.4, 0.5) is 5.69 Å². The van der Waals surface area contributed by atoms with Crippen LogP contribution in [0, 0.1) is 0 Å². The summed E-state index contributed by atoms with van der Waals surface area (Å²) in [7, 11) is 3.99. The molecule has 1 amide bonds. The lowest BCUT2D eigenvalue weighted by molar-refractivity contribution is 0.0938. The molecule has 1 aliphatic carbocycles. The van der Waals surface area contributed by atoms with Crippen LogP contribution >= 0.6 is 0 Å². The minimum atomic E-state index is 0.0576. The molecule has 0 aliphatic heterocycles. The highest BCUT2D eigenvalue weighted by Crippen LogP contribution is 2.18. The maximum absolute atomic E-state index is 12.0. The van der Waals surface area contributed by atoms with Crippen molar-refractivity contribution in [3.8, 4) is 0 Å².